The average Bonchev–Trinajstić information content (AvgIpc) is 2.53. The van der Waals surface area contributed by atoms with Gasteiger partial charge in [-0.3, -0.25) is 4.79 Å². The SMILES string of the molecule is CC(C)(C)OCCCN1CC(CBr)CC1=O. The fraction of sp³-hybridized carbons (Fsp3) is 0.917. The maximum Gasteiger partial charge on any atom is 0.222 e. The molecule has 0 aliphatic carbocycles. The van der Waals surface area contributed by atoms with Gasteiger partial charge in [0.05, 0.1) is 5.60 Å². The standard InChI is InChI=1S/C12H22BrNO2/c1-12(2,3)16-6-4-5-14-9-10(8-13)7-11(14)15/h10H,4-9H2,1-3H3. The third-order valence-corrected chi connectivity index (χ3v) is 3.54. The minimum atomic E-state index is -0.0760. The topological polar surface area (TPSA) is 29.5 Å². The van der Waals surface area contributed by atoms with E-state index in [0.29, 0.717) is 18.2 Å². The third-order valence-electron chi connectivity index (χ3n) is 2.62. The molecule has 1 saturated heterocycles. The van der Waals surface area contributed by atoms with Gasteiger partial charge in [-0.25, -0.2) is 0 Å². The van der Waals surface area contributed by atoms with Crippen LogP contribution in [0, 0.1) is 5.92 Å². The van der Waals surface area contributed by atoms with Crippen LogP contribution in [0.2, 0.25) is 0 Å². The zero-order valence-electron chi connectivity index (χ0n) is 10.5. The van der Waals surface area contributed by atoms with Gasteiger partial charge in [-0.1, -0.05) is 15.9 Å². The first kappa shape index (κ1) is 14.0. The summed E-state index contributed by atoms with van der Waals surface area (Å²) in [7, 11) is 0. The molecule has 0 bridgehead atoms. The lowest BCUT2D eigenvalue weighted by atomic mass is 10.2. The molecule has 0 aromatic rings. The first-order valence-corrected chi connectivity index (χ1v) is 7.02. The molecule has 0 aromatic carbocycles. The molecule has 1 fully saturated rings. The zero-order valence-corrected chi connectivity index (χ0v) is 12.0. The van der Waals surface area contributed by atoms with Crippen LogP contribution in [0.4, 0.5) is 0 Å². The lowest BCUT2D eigenvalue weighted by Gasteiger charge is -2.21. The molecule has 4 heteroatoms. The summed E-state index contributed by atoms with van der Waals surface area (Å²) >= 11 is 3.44. The summed E-state index contributed by atoms with van der Waals surface area (Å²) in [5.74, 6) is 0.788. The summed E-state index contributed by atoms with van der Waals surface area (Å²) in [6.07, 6.45) is 1.63. The van der Waals surface area contributed by atoms with Crippen LogP contribution < -0.4 is 0 Å². The second-order valence-corrected chi connectivity index (χ2v) is 6.03. The van der Waals surface area contributed by atoms with E-state index in [-0.39, 0.29) is 5.60 Å². The minimum absolute atomic E-state index is 0.0760. The number of amides is 1. The van der Waals surface area contributed by atoms with Crippen molar-refractivity contribution in [2.24, 2.45) is 5.92 Å². The van der Waals surface area contributed by atoms with Crippen molar-refractivity contribution in [1.82, 2.24) is 4.90 Å². The number of rotatable bonds is 5. The van der Waals surface area contributed by atoms with Gasteiger partial charge in [0.25, 0.3) is 0 Å². The van der Waals surface area contributed by atoms with Crippen LogP contribution in [0.3, 0.4) is 0 Å². The van der Waals surface area contributed by atoms with Crippen LogP contribution in [-0.2, 0) is 9.53 Å². The number of carbonyl (C=O) groups is 1. The Hall–Kier alpha value is -0.0900. The van der Waals surface area contributed by atoms with E-state index in [9.17, 15) is 4.79 Å². The number of alkyl halides is 1. The van der Waals surface area contributed by atoms with Crippen LogP contribution in [0.1, 0.15) is 33.6 Å². The first-order valence-electron chi connectivity index (χ1n) is 5.90. The second-order valence-electron chi connectivity index (χ2n) is 5.38. The molecule has 0 aromatic heterocycles. The highest BCUT2D eigenvalue weighted by Gasteiger charge is 2.28. The second kappa shape index (κ2) is 6.01. The van der Waals surface area contributed by atoms with Crippen molar-refractivity contribution in [3.8, 4) is 0 Å². The Kier molecular flexibility index (Phi) is 5.25. The highest BCUT2D eigenvalue weighted by Crippen LogP contribution is 2.19. The largest absolute Gasteiger partial charge is 0.376 e. The van der Waals surface area contributed by atoms with Gasteiger partial charge in [0, 0.05) is 31.4 Å². The Morgan fingerprint density at radius 3 is 2.69 bits per heavy atom. The maximum absolute atomic E-state index is 11.6. The average molecular weight is 292 g/mol. The Morgan fingerprint density at radius 2 is 2.19 bits per heavy atom. The van der Waals surface area contributed by atoms with Crippen LogP contribution in [0.5, 0.6) is 0 Å². The predicted molar refractivity (Wildman–Crippen MR) is 68.8 cm³/mol. The molecule has 1 amide bonds. The van der Waals surface area contributed by atoms with Crippen molar-refractivity contribution in [2.75, 3.05) is 25.0 Å². The number of hydrogen-bond acceptors (Lipinski definition) is 2. The van der Waals surface area contributed by atoms with Gasteiger partial charge in [0.2, 0.25) is 5.91 Å². The van der Waals surface area contributed by atoms with Crippen LogP contribution in [0.25, 0.3) is 0 Å². The molecule has 16 heavy (non-hydrogen) atoms. The summed E-state index contributed by atoms with van der Waals surface area (Å²) < 4.78 is 5.63. The van der Waals surface area contributed by atoms with Gasteiger partial charge in [-0.2, -0.15) is 0 Å². The van der Waals surface area contributed by atoms with E-state index in [4.69, 9.17) is 4.74 Å². The maximum atomic E-state index is 11.6. The van der Waals surface area contributed by atoms with Crippen LogP contribution >= 0.6 is 15.9 Å². The molecule has 1 rings (SSSR count). The Morgan fingerprint density at radius 1 is 1.50 bits per heavy atom. The van der Waals surface area contributed by atoms with Crippen molar-refractivity contribution >= 4 is 21.8 Å². The molecule has 94 valence electrons. The summed E-state index contributed by atoms with van der Waals surface area (Å²) in [4.78, 5) is 13.6. The van der Waals surface area contributed by atoms with Crippen molar-refractivity contribution in [3.05, 3.63) is 0 Å². The highest BCUT2D eigenvalue weighted by molar-refractivity contribution is 9.09. The van der Waals surface area contributed by atoms with E-state index in [1.165, 1.54) is 0 Å². The molecule has 1 aliphatic heterocycles. The van der Waals surface area contributed by atoms with Crippen LogP contribution in [0.15, 0.2) is 0 Å². The predicted octanol–water partition coefficient (Wildman–Crippen LogP) is 2.44. The lowest BCUT2D eigenvalue weighted by Crippen LogP contribution is -2.28. The lowest BCUT2D eigenvalue weighted by molar-refractivity contribution is -0.128. The smallest absolute Gasteiger partial charge is 0.222 e. The number of halogens is 1. The van der Waals surface area contributed by atoms with Gasteiger partial charge in [-0.15, -0.1) is 0 Å². The van der Waals surface area contributed by atoms with Gasteiger partial charge in [-0.05, 0) is 33.1 Å². The number of ether oxygens (including phenoxy) is 1. The number of nitrogens with zero attached hydrogens (tertiary/aromatic N) is 1. The summed E-state index contributed by atoms with van der Waals surface area (Å²) in [5, 5.41) is 0.924. The summed E-state index contributed by atoms with van der Waals surface area (Å²) in [6.45, 7) is 8.61. The van der Waals surface area contributed by atoms with Crippen molar-refractivity contribution in [2.45, 2.75) is 39.2 Å². The van der Waals surface area contributed by atoms with Crippen LogP contribution in [-0.4, -0.2) is 41.4 Å². The summed E-state index contributed by atoms with van der Waals surface area (Å²) in [5.41, 5.74) is -0.0760. The molecule has 1 aliphatic rings. The van der Waals surface area contributed by atoms with Crippen molar-refractivity contribution < 1.29 is 9.53 Å². The van der Waals surface area contributed by atoms with Crippen molar-refractivity contribution in [3.63, 3.8) is 0 Å². The molecule has 0 radical (unpaired) electrons. The van der Waals surface area contributed by atoms with Crippen molar-refractivity contribution in [1.29, 1.82) is 0 Å². The molecular formula is C12H22BrNO2. The zero-order chi connectivity index (χ0) is 12.2. The normalized spacial score (nSPS) is 21.9. The molecule has 0 spiro atoms. The fourth-order valence-electron chi connectivity index (χ4n) is 1.81. The third kappa shape index (κ3) is 4.83. The Balaban J connectivity index is 2.16. The molecule has 0 saturated carbocycles. The molecular weight excluding hydrogens is 270 g/mol. The van der Waals surface area contributed by atoms with Gasteiger partial charge in [0.15, 0.2) is 0 Å². The number of likely N-dealkylation sites (tertiary alicyclic amines) is 1. The highest BCUT2D eigenvalue weighted by atomic mass is 79.9. The minimum Gasteiger partial charge on any atom is -0.376 e. The fourth-order valence-corrected chi connectivity index (χ4v) is 2.24. The van der Waals surface area contributed by atoms with Gasteiger partial charge in [0.1, 0.15) is 0 Å². The molecule has 3 nitrogen and oxygen atoms in total. The summed E-state index contributed by atoms with van der Waals surface area (Å²) in [6, 6.07) is 0. The number of carbonyl (C=O) groups excluding carboxylic acids is 1. The van der Waals surface area contributed by atoms with Gasteiger partial charge >= 0.3 is 0 Å². The Labute approximate surface area is 107 Å². The molecule has 1 atom stereocenters. The van der Waals surface area contributed by atoms with E-state index in [1.807, 2.05) is 4.90 Å². The molecule has 1 unspecified atom stereocenters. The van der Waals surface area contributed by atoms with E-state index in [0.717, 1.165) is 31.4 Å². The van der Waals surface area contributed by atoms with E-state index in [2.05, 4.69) is 36.7 Å². The molecule has 0 N–H and O–H groups in total. The number of hydrogen-bond donors (Lipinski definition) is 0. The van der Waals surface area contributed by atoms with E-state index in [1.54, 1.807) is 0 Å². The van der Waals surface area contributed by atoms with Gasteiger partial charge < -0.3 is 9.64 Å². The van der Waals surface area contributed by atoms with E-state index < -0.39 is 0 Å². The quantitative estimate of drug-likeness (QED) is 0.575. The monoisotopic (exact) mass is 291 g/mol. The molecule has 1 heterocycles. The first-order chi connectivity index (χ1) is 7.42. The Bertz CT molecular complexity index is 238. The van der Waals surface area contributed by atoms with E-state index >= 15 is 0 Å².